The van der Waals surface area contributed by atoms with Crippen LogP contribution in [0.2, 0.25) is 0 Å². The molecule has 0 radical (unpaired) electrons. The maximum Gasteiger partial charge on any atom is 0.232 e. The Kier molecular flexibility index (Phi) is 3.60. The van der Waals surface area contributed by atoms with E-state index in [-0.39, 0.29) is 5.95 Å². The van der Waals surface area contributed by atoms with E-state index in [0.717, 1.165) is 26.2 Å². The molecule has 0 saturated carbocycles. The Morgan fingerprint density at radius 2 is 1.16 bits per heavy atom. The maximum absolute atomic E-state index is 5.79. The lowest BCUT2D eigenvalue weighted by Gasteiger charge is -2.29. The fraction of sp³-hybridized carbons (Fsp3) is 0.727. The zero-order chi connectivity index (χ0) is 13.1. The Balaban J connectivity index is 1.82. The number of hydrogen-bond acceptors (Lipinski definition) is 8. The van der Waals surface area contributed by atoms with Crippen molar-refractivity contribution in [3.63, 3.8) is 0 Å². The number of nitrogen functional groups attached to an aromatic ring is 1. The largest absolute Gasteiger partial charge is 0.378 e. The van der Waals surface area contributed by atoms with Crippen molar-refractivity contribution in [2.75, 3.05) is 68.1 Å². The number of nitrogens with zero attached hydrogens (tertiary/aromatic N) is 5. The lowest BCUT2D eigenvalue weighted by Crippen LogP contribution is -2.40. The monoisotopic (exact) mass is 266 g/mol. The molecule has 3 rings (SSSR count). The minimum Gasteiger partial charge on any atom is -0.378 e. The van der Waals surface area contributed by atoms with E-state index in [1.165, 1.54) is 0 Å². The molecule has 0 aromatic carbocycles. The highest BCUT2D eigenvalue weighted by molar-refractivity contribution is 5.43. The first-order valence-electron chi connectivity index (χ1n) is 6.50. The molecule has 2 N–H and O–H groups in total. The molecule has 8 heteroatoms. The lowest BCUT2D eigenvalue weighted by molar-refractivity contribution is 0.121. The van der Waals surface area contributed by atoms with Gasteiger partial charge in [0, 0.05) is 26.2 Å². The van der Waals surface area contributed by atoms with Crippen LogP contribution < -0.4 is 15.5 Å². The molecule has 0 amide bonds. The van der Waals surface area contributed by atoms with Gasteiger partial charge in [0.25, 0.3) is 0 Å². The molecule has 0 bridgehead atoms. The van der Waals surface area contributed by atoms with Crippen molar-refractivity contribution in [2.24, 2.45) is 0 Å². The third-order valence-electron chi connectivity index (χ3n) is 3.22. The quantitative estimate of drug-likeness (QED) is 0.738. The highest BCUT2D eigenvalue weighted by Gasteiger charge is 2.19. The Labute approximate surface area is 111 Å². The molecule has 1 aromatic heterocycles. The number of nitrogens with two attached hydrogens (primary N) is 1. The number of anilines is 3. The number of hydrogen-bond donors (Lipinski definition) is 1. The van der Waals surface area contributed by atoms with Crippen LogP contribution >= 0.6 is 0 Å². The van der Waals surface area contributed by atoms with Crippen LogP contribution in [-0.4, -0.2) is 67.6 Å². The van der Waals surface area contributed by atoms with Gasteiger partial charge in [-0.3, -0.25) is 0 Å². The molecule has 2 aliphatic rings. The minimum atomic E-state index is 0.262. The predicted octanol–water partition coefficient (Wildman–Crippen LogP) is -0.873. The van der Waals surface area contributed by atoms with Gasteiger partial charge in [-0.15, -0.1) is 0 Å². The highest BCUT2D eigenvalue weighted by Crippen LogP contribution is 2.17. The molecular formula is C11H18N6O2. The van der Waals surface area contributed by atoms with Crippen LogP contribution in [0, 0.1) is 0 Å². The van der Waals surface area contributed by atoms with Crippen molar-refractivity contribution < 1.29 is 9.47 Å². The molecule has 19 heavy (non-hydrogen) atoms. The molecule has 2 aliphatic heterocycles. The van der Waals surface area contributed by atoms with E-state index in [4.69, 9.17) is 15.2 Å². The molecule has 104 valence electrons. The zero-order valence-electron chi connectivity index (χ0n) is 10.8. The zero-order valence-corrected chi connectivity index (χ0v) is 10.8. The summed E-state index contributed by atoms with van der Waals surface area (Å²) in [7, 11) is 0. The average Bonchev–Trinajstić information content (AvgIpc) is 2.48. The molecule has 0 unspecified atom stereocenters. The fourth-order valence-corrected chi connectivity index (χ4v) is 2.18. The van der Waals surface area contributed by atoms with Crippen LogP contribution in [-0.2, 0) is 9.47 Å². The third-order valence-corrected chi connectivity index (χ3v) is 3.22. The highest BCUT2D eigenvalue weighted by atomic mass is 16.5. The molecule has 2 fully saturated rings. The van der Waals surface area contributed by atoms with Crippen molar-refractivity contribution in [2.45, 2.75) is 0 Å². The van der Waals surface area contributed by atoms with Gasteiger partial charge in [-0.25, -0.2) is 0 Å². The van der Waals surface area contributed by atoms with Crippen LogP contribution in [0.1, 0.15) is 0 Å². The standard InChI is InChI=1S/C11H18N6O2/c12-9-13-10(16-1-5-18-6-2-16)15-11(14-9)17-3-7-19-8-4-17/h1-8H2,(H2,12,13,14,15). The first-order chi connectivity index (χ1) is 9.33. The summed E-state index contributed by atoms with van der Waals surface area (Å²) >= 11 is 0. The molecule has 0 spiro atoms. The molecule has 0 aliphatic carbocycles. The summed E-state index contributed by atoms with van der Waals surface area (Å²) in [5.74, 6) is 1.53. The Bertz CT molecular complexity index is 395. The number of aromatic nitrogens is 3. The van der Waals surface area contributed by atoms with Crippen LogP contribution in [0.3, 0.4) is 0 Å². The van der Waals surface area contributed by atoms with Crippen molar-refractivity contribution in [1.82, 2.24) is 15.0 Å². The van der Waals surface area contributed by atoms with Gasteiger partial charge in [0.15, 0.2) is 0 Å². The van der Waals surface area contributed by atoms with E-state index in [9.17, 15) is 0 Å². The summed E-state index contributed by atoms with van der Waals surface area (Å²) in [6.07, 6.45) is 0. The second-order valence-electron chi connectivity index (χ2n) is 4.49. The topological polar surface area (TPSA) is 89.6 Å². The summed E-state index contributed by atoms with van der Waals surface area (Å²) in [6, 6.07) is 0. The molecular weight excluding hydrogens is 248 g/mol. The summed E-state index contributed by atoms with van der Waals surface area (Å²) < 4.78 is 10.7. The molecule has 8 nitrogen and oxygen atoms in total. The molecule has 1 aromatic rings. The molecule has 2 saturated heterocycles. The summed E-state index contributed by atoms with van der Waals surface area (Å²) in [5.41, 5.74) is 5.79. The van der Waals surface area contributed by atoms with E-state index < -0.39 is 0 Å². The van der Waals surface area contributed by atoms with Crippen molar-refractivity contribution >= 4 is 17.8 Å². The van der Waals surface area contributed by atoms with Crippen molar-refractivity contribution in [3.05, 3.63) is 0 Å². The van der Waals surface area contributed by atoms with Gasteiger partial charge in [0.1, 0.15) is 0 Å². The second-order valence-corrected chi connectivity index (χ2v) is 4.49. The summed E-state index contributed by atoms with van der Waals surface area (Å²) in [5, 5.41) is 0. The Morgan fingerprint density at radius 3 is 1.58 bits per heavy atom. The van der Waals surface area contributed by atoms with Crippen LogP contribution in [0.5, 0.6) is 0 Å². The SMILES string of the molecule is Nc1nc(N2CCOCC2)nc(N2CCOCC2)n1. The van der Waals surface area contributed by atoms with Crippen LogP contribution in [0.4, 0.5) is 17.8 Å². The Hall–Kier alpha value is -1.67. The number of rotatable bonds is 2. The van der Waals surface area contributed by atoms with Gasteiger partial charge >= 0.3 is 0 Å². The van der Waals surface area contributed by atoms with E-state index in [1.807, 2.05) is 0 Å². The summed E-state index contributed by atoms with van der Waals surface area (Å²) in [4.78, 5) is 17.1. The lowest BCUT2D eigenvalue weighted by atomic mass is 10.4. The van der Waals surface area contributed by atoms with Crippen LogP contribution in [0.25, 0.3) is 0 Å². The first kappa shape index (κ1) is 12.4. The van der Waals surface area contributed by atoms with E-state index in [1.54, 1.807) is 0 Å². The van der Waals surface area contributed by atoms with Crippen LogP contribution in [0.15, 0.2) is 0 Å². The summed E-state index contributed by atoms with van der Waals surface area (Å²) in [6.45, 7) is 5.91. The average molecular weight is 266 g/mol. The van der Waals surface area contributed by atoms with Gasteiger partial charge in [0.05, 0.1) is 26.4 Å². The number of morpholine rings is 2. The minimum absolute atomic E-state index is 0.262. The van der Waals surface area contributed by atoms with E-state index >= 15 is 0 Å². The van der Waals surface area contributed by atoms with Crippen molar-refractivity contribution in [1.29, 1.82) is 0 Å². The van der Waals surface area contributed by atoms with Gasteiger partial charge in [-0.2, -0.15) is 15.0 Å². The van der Waals surface area contributed by atoms with Gasteiger partial charge in [-0.05, 0) is 0 Å². The predicted molar refractivity (Wildman–Crippen MR) is 70.3 cm³/mol. The van der Waals surface area contributed by atoms with E-state index in [0.29, 0.717) is 38.3 Å². The van der Waals surface area contributed by atoms with Gasteiger partial charge in [-0.1, -0.05) is 0 Å². The normalized spacial score (nSPS) is 20.6. The van der Waals surface area contributed by atoms with Gasteiger partial charge < -0.3 is 25.0 Å². The molecule has 0 atom stereocenters. The Morgan fingerprint density at radius 1 is 0.737 bits per heavy atom. The maximum atomic E-state index is 5.79. The third kappa shape index (κ3) is 2.85. The number of ether oxygens (including phenoxy) is 2. The van der Waals surface area contributed by atoms with E-state index in [2.05, 4.69) is 24.8 Å². The fourth-order valence-electron chi connectivity index (χ4n) is 2.18. The smallest absolute Gasteiger partial charge is 0.232 e. The molecule has 3 heterocycles. The second kappa shape index (κ2) is 5.54. The van der Waals surface area contributed by atoms with Gasteiger partial charge in [0.2, 0.25) is 17.8 Å². The first-order valence-corrected chi connectivity index (χ1v) is 6.50. The van der Waals surface area contributed by atoms with Crippen molar-refractivity contribution in [3.8, 4) is 0 Å².